The minimum Gasteiger partial charge on any atom is -0.480 e. The maximum atomic E-state index is 12.1. The molecule has 10 nitrogen and oxygen atoms in total. The van der Waals surface area contributed by atoms with Gasteiger partial charge >= 0.3 is 5.97 Å². The largest absolute Gasteiger partial charge is 0.480 e. The number of nitrogens with zero attached hydrogens (tertiary/aromatic N) is 3. The van der Waals surface area contributed by atoms with E-state index in [1.165, 1.54) is 0 Å². The number of thioether (sulfide) groups is 1. The summed E-state index contributed by atoms with van der Waals surface area (Å²) in [5.74, 6) is -1.95. The summed E-state index contributed by atoms with van der Waals surface area (Å²) < 4.78 is 0.0122. The molecule has 0 atom stereocenters. The molecule has 2 rings (SSSR count). The second-order valence-corrected chi connectivity index (χ2v) is 6.09. The smallest absolute Gasteiger partial charge is 0.323 e. The number of benzene rings is 1. The molecular formula is C12H7N3O7S2. The third kappa shape index (κ3) is 3.55. The molecule has 0 radical (unpaired) electrons. The summed E-state index contributed by atoms with van der Waals surface area (Å²) in [6.45, 7) is -0.621. The fraction of sp³-hybridized carbons (Fsp3) is 0.0833. The summed E-state index contributed by atoms with van der Waals surface area (Å²) in [6, 6.07) is 2.99. The fourth-order valence-electron chi connectivity index (χ4n) is 1.84. The van der Waals surface area contributed by atoms with Crippen LogP contribution in [-0.2, 0) is 9.59 Å². The normalized spacial score (nSPS) is 15.8. The minimum absolute atomic E-state index is 0.00166. The van der Waals surface area contributed by atoms with Gasteiger partial charge < -0.3 is 5.11 Å². The van der Waals surface area contributed by atoms with Crippen molar-refractivity contribution in [3.05, 3.63) is 48.9 Å². The average molecular weight is 369 g/mol. The van der Waals surface area contributed by atoms with Crippen LogP contribution in [0.1, 0.15) is 5.56 Å². The van der Waals surface area contributed by atoms with E-state index in [4.69, 9.17) is 17.3 Å². The number of nitro benzene ring substituents is 2. The Labute approximate surface area is 143 Å². The van der Waals surface area contributed by atoms with Crippen molar-refractivity contribution in [1.29, 1.82) is 0 Å². The first kappa shape index (κ1) is 17.5. The van der Waals surface area contributed by atoms with Crippen molar-refractivity contribution in [3.63, 3.8) is 0 Å². The zero-order valence-electron chi connectivity index (χ0n) is 11.6. The van der Waals surface area contributed by atoms with Gasteiger partial charge in [-0.1, -0.05) is 24.0 Å². The lowest BCUT2D eigenvalue weighted by Crippen LogP contribution is -2.33. The number of non-ortho nitro benzene ring substituents is 1. The quantitative estimate of drug-likeness (QED) is 0.355. The molecule has 1 aromatic carbocycles. The number of carboxylic acids is 1. The van der Waals surface area contributed by atoms with Gasteiger partial charge in [-0.15, -0.1) is 0 Å². The second kappa shape index (κ2) is 6.72. The van der Waals surface area contributed by atoms with Crippen LogP contribution in [0.2, 0.25) is 0 Å². The number of hydrogen-bond donors (Lipinski definition) is 1. The van der Waals surface area contributed by atoms with Gasteiger partial charge in [0.1, 0.15) is 10.9 Å². The molecule has 1 aromatic rings. The van der Waals surface area contributed by atoms with E-state index in [0.717, 1.165) is 40.9 Å². The molecule has 0 aliphatic carbocycles. The molecule has 1 amide bonds. The zero-order valence-corrected chi connectivity index (χ0v) is 13.2. The number of rotatable bonds is 5. The number of hydrogen-bond acceptors (Lipinski definition) is 8. The third-order valence-corrected chi connectivity index (χ3v) is 4.25. The van der Waals surface area contributed by atoms with E-state index < -0.39 is 39.6 Å². The highest BCUT2D eigenvalue weighted by Gasteiger charge is 2.34. The highest BCUT2D eigenvalue weighted by Crippen LogP contribution is 2.35. The molecular weight excluding hydrogens is 362 g/mol. The molecule has 124 valence electrons. The van der Waals surface area contributed by atoms with Gasteiger partial charge in [0.2, 0.25) is 0 Å². The van der Waals surface area contributed by atoms with Crippen LogP contribution in [0.4, 0.5) is 11.4 Å². The molecule has 1 aliphatic rings. The summed E-state index contributed by atoms with van der Waals surface area (Å²) in [7, 11) is 0. The fourth-order valence-corrected chi connectivity index (χ4v) is 3.08. The average Bonchev–Trinajstić information content (AvgIpc) is 2.74. The predicted octanol–water partition coefficient (Wildman–Crippen LogP) is 1.79. The van der Waals surface area contributed by atoms with E-state index in [-0.39, 0.29) is 14.8 Å². The number of carbonyl (C=O) groups is 2. The van der Waals surface area contributed by atoms with E-state index in [0.29, 0.717) is 0 Å². The molecule has 24 heavy (non-hydrogen) atoms. The monoisotopic (exact) mass is 369 g/mol. The lowest BCUT2D eigenvalue weighted by molar-refractivity contribution is -0.394. The van der Waals surface area contributed by atoms with Crippen molar-refractivity contribution in [2.75, 3.05) is 6.54 Å². The molecule has 1 N–H and O–H groups in total. The van der Waals surface area contributed by atoms with Crippen LogP contribution < -0.4 is 0 Å². The van der Waals surface area contributed by atoms with E-state index >= 15 is 0 Å². The summed E-state index contributed by atoms with van der Waals surface area (Å²) in [5, 5.41) is 30.5. The first-order valence-electron chi connectivity index (χ1n) is 6.10. The SMILES string of the molecule is O=C(O)CN1C(=O)/C(=C/c2ccc([N+](=O)[O-])cc2[N+](=O)[O-])SC1=S. The Morgan fingerprint density at radius 2 is 2.00 bits per heavy atom. The van der Waals surface area contributed by atoms with Gasteiger partial charge in [-0.05, 0) is 12.1 Å². The first-order valence-corrected chi connectivity index (χ1v) is 7.33. The number of carbonyl (C=O) groups excluding carboxylic acids is 1. The van der Waals surface area contributed by atoms with Crippen LogP contribution in [0.25, 0.3) is 6.08 Å². The molecule has 1 heterocycles. The van der Waals surface area contributed by atoms with Crippen molar-refractivity contribution >= 4 is 57.6 Å². The zero-order chi connectivity index (χ0) is 18.0. The molecule has 0 spiro atoms. The first-order chi connectivity index (χ1) is 11.2. The third-order valence-electron chi connectivity index (χ3n) is 2.88. The van der Waals surface area contributed by atoms with Crippen LogP contribution in [-0.4, -0.2) is 42.6 Å². The van der Waals surface area contributed by atoms with Gasteiger partial charge in [0, 0.05) is 6.07 Å². The standard InChI is InChI=1S/C12H7N3O7S2/c16-10(17)5-13-11(18)9(24-12(13)23)3-6-1-2-7(14(19)20)4-8(6)15(21)22/h1-4H,5H2,(H,16,17)/b9-3-. The molecule has 12 heteroatoms. The van der Waals surface area contributed by atoms with E-state index in [9.17, 15) is 29.8 Å². The van der Waals surface area contributed by atoms with Crippen molar-refractivity contribution in [2.24, 2.45) is 0 Å². The van der Waals surface area contributed by atoms with Crippen LogP contribution in [0.5, 0.6) is 0 Å². The van der Waals surface area contributed by atoms with E-state index in [1.54, 1.807) is 0 Å². The van der Waals surface area contributed by atoms with Crippen LogP contribution >= 0.6 is 24.0 Å². The summed E-state index contributed by atoms with van der Waals surface area (Å²) >= 11 is 5.71. The van der Waals surface area contributed by atoms with Crippen LogP contribution in [0.15, 0.2) is 23.1 Å². The lowest BCUT2D eigenvalue weighted by Gasteiger charge is -2.10. The highest BCUT2D eigenvalue weighted by molar-refractivity contribution is 8.26. The van der Waals surface area contributed by atoms with Crippen molar-refractivity contribution in [1.82, 2.24) is 4.90 Å². The Kier molecular flexibility index (Phi) is 4.90. The Morgan fingerprint density at radius 1 is 1.33 bits per heavy atom. The maximum Gasteiger partial charge on any atom is 0.323 e. The Balaban J connectivity index is 2.43. The molecule has 1 aliphatic heterocycles. The van der Waals surface area contributed by atoms with Gasteiger partial charge in [0.25, 0.3) is 17.3 Å². The van der Waals surface area contributed by atoms with Gasteiger partial charge in [-0.3, -0.25) is 34.7 Å². The highest BCUT2D eigenvalue weighted by atomic mass is 32.2. The predicted molar refractivity (Wildman–Crippen MR) is 87.3 cm³/mol. The summed E-state index contributed by atoms with van der Waals surface area (Å²) in [4.78, 5) is 43.9. The van der Waals surface area contributed by atoms with Crippen molar-refractivity contribution < 1.29 is 24.5 Å². The maximum absolute atomic E-state index is 12.1. The van der Waals surface area contributed by atoms with Gasteiger partial charge in [-0.2, -0.15) is 0 Å². The van der Waals surface area contributed by atoms with Crippen molar-refractivity contribution in [2.45, 2.75) is 0 Å². The Hall–Kier alpha value is -2.86. The molecule has 0 saturated carbocycles. The summed E-state index contributed by atoms with van der Waals surface area (Å²) in [6.07, 6.45) is 1.16. The molecule has 0 unspecified atom stereocenters. The number of carboxylic acid groups (broad SMARTS) is 1. The van der Waals surface area contributed by atoms with Crippen LogP contribution in [0, 0.1) is 20.2 Å². The van der Waals surface area contributed by atoms with Crippen molar-refractivity contribution in [3.8, 4) is 0 Å². The van der Waals surface area contributed by atoms with Gasteiger partial charge in [0.15, 0.2) is 0 Å². The molecule has 0 bridgehead atoms. The Bertz CT molecular complexity index is 821. The minimum atomic E-state index is -1.26. The van der Waals surface area contributed by atoms with E-state index in [2.05, 4.69) is 0 Å². The summed E-state index contributed by atoms with van der Waals surface area (Å²) in [5.41, 5.74) is -1.04. The molecule has 1 saturated heterocycles. The van der Waals surface area contributed by atoms with E-state index in [1.807, 2.05) is 0 Å². The number of aliphatic carboxylic acids is 1. The number of thiocarbonyl (C=S) groups is 1. The van der Waals surface area contributed by atoms with Gasteiger partial charge in [0.05, 0.1) is 26.4 Å². The lowest BCUT2D eigenvalue weighted by atomic mass is 10.1. The molecule has 1 fully saturated rings. The second-order valence-electron chi connectivity index (χ2n) is 4.42. The number of amides is 1. The number of nitro groups is 2. The Morgan fingerprint density at radius 3 is 2.54 bits per heavy atom. The topological polar surface area (TPSA) is 144 Å². The molecule has 0 aromatic heterocycles. The van der Waals surface area contributed by atoms with Gasteiger partial charge in [-0.25, -0.2) is 0 Å². The van der Waals surface area contributed by atoms with Crippen LogP contribution in [0.3, 0.4) is 0 Å².